The molecule has 2 N–H and O–H groups in total. The maximum atomic E-state index is 12.1. The van der Waals surface area contributed by atoms with Crippen molar-refractivity contribution in [3.05, 3.63) is 34.1 Å². The van der Waals surface area contributed by atoms with Crippen LogP contribution in [0.4, 0.5) is 5.13 Å². The highest BCUT2D eigenvalue weighted by atomic mass is 32.1. The van der Waals surface area contributed by atoms with Gasteiger partial charge in [-0.05, 0) is 26.3 Å². The minimum absolute atomic E-state index is 0.0158. The molecule has 0 aliphatic heterocycles. The summed E-state index contributed by atoms with van der Waals surface area (Å²) in [5, 5.41) is 14.4. The van der Waals surface area contributed by atoms with Gasteiger partial charge in [-0.1, -0.05) is 0 Å². The summed E-state index contributed by atoms with van der Waals surface area (Å²) >= 11 is 1.35. The van der Waals surface area contributed by atoms with Crippen LogP contribution in [-0.2, 0) is 17.8 Å². The Morgan fingerprint density at radius 2 is 2.14 bits per heavy atom. The van der Waals surface area contributed by atoms with Crippen molar-refractivity contribution in [3.63, 3.8) is 0 Å². The van der Waals surface area contributed by atoms with Gasteiger partial charge in [0, 0.05) is 23.8 Å². The van der Waals surface area contributed by atoms with Crippen molar-refractivity contribution in [3.8, 4) is 0 Å². The molecule has 21 heavy (non-hydrogen) atoms. The number of aromatic carboxylic acids is 1. The van der Waals surface area contributed by atoms with Gasteiger partial charge in [0.05, 0.1) is 17.7 Å². The van der Waals surface area contributed by atoms with Gasteiger partial charge >= 0.3 is 5.97 Å². The molecule has 112 valence electrons. The largest absolute Gasteiger partial charge is 0.478 e. The van der Waals surface area contributed by atoms with E-state index in [4.69, 9.17) is 0 Å². The number of aryl methyl sites for hydroxylation is 3. The second-order valence-corrected chi connectivity index (χ2v) is 5.60. The van der Waals surface area contributed by atoms with Gasteiger partial charge in [0.1, 0.15) is 0 Å². The smallest absolute Gasteiger partial charge is 0.337 e. The molecule has 0 saturated heterocycles. The number of anilines is 1. The first-order chi connectivity index (χ1) is 9.92. The average Bonchev–Trinajstić information content (AvgIpc) is 2.93. The molecule has 0 radical (unpaired) electrons. The summed E-state index contributed by atoms with van der Waals surface area (Å²) < 4.78 is 1.80. The highest BCUT2D eigenvalue weighted by molar-refractivity contribution is 7.13. The zero-order valence-corrected chi connectivity index (χ0v) is 13.0. The van der Waals surface area contributed by atoms with Crippen molar-refractivity contribution in [1.82, 2.24) is 9.55 Å². The van der Waals surface area contributed by atoms with Crippen molar-refractivity contribution in [1.29, 1.82) is 0 Å². The summed E-state index contributed by atoms with van der Waals surface area (Å²) in [5.74, 6) is -1.27. The Hall–Kier alpha value is -2.15. The zero-order chi connectivity index (χ0) is 15.6. The van der Waals surface area contributed by atoms with E-state index in [9.17, 15) is 14.7 Å². The van der Waals surface area contributed by atoms with Gasteiger partial charge in [0.2, 0.25) is 5.91 Å². The van der Waals surface area contributed by atoms with Crippen molar-refractivity contribution >= 4 is 28.3 Å². The topological polar surface area (TPSA) is 84.2 Å². The molecule has 0 aliphatic rings. The summed E-state index contributed by atoms with van der Waals surface area (Å²) in [4.78, 5) is 27.6. The minimum atomic E-state index is -1.01. The normalized spacial score (nSPS) is 10.6. The Morgan fingerprint density at radius 1 is 1.43 bits per heavy atom. The number of carbonyl (C=O) groups excluding carboxylic acids is 1. The number of nitrogens with zero attached hydrogens (tertiary/aromatic N) is 2. The van der Waals surface area contributed by atoms with Crippen molar-refractivity contribution in [2.45, 2.75) is 33.7 Å². The molecule has 0 atom stereocenters. The third-order valence-electron chi connectivity index (χ3n) is 3.13. The Labute approximate surface area is 126 Å². The predicted octanol–water partition coefficient (Wildman–Crippen LogP) is 2.46. The van der Waals surface area contributed by atoms with E-state index < -0.39 is 5.97 Å². The third-order valence-corrected chi connectivity index (χ3v) is 4.00. The summed E-state index contributed by atoms with van der Waals surface area (Å²) in [5.41, 5.74) is 2.24. The lowest BCUT2D eigenvalue weighted by atomic mass is 10.1. The molecule has 0 spiro atoms. The summed E-state index contributed by atoms with van der Waals surface area (Å²) in [6, 6.07) is 0. The van der Waals surface area contributed by atoms with Crippen LogP contribution < -0.4 is 5.32 Å². The number of amides is 1. The number of rotatable bonds is 5. The van der Waals surface area contributed by atoms with Crippen LogP contribution in [0.15, 0.2) is 11.6 Å². The molecule has 0 bridgehead atoms. The number of carbonyl (C=O) groups is 2. The zero-order valence-electron chi connectivity index (χ0n) is 12.1. The van der Waals surface area contributed by atoms with Crippen molar-refractivity contribution < 1.29 is 14.7 Å². The first kappa shape index (κ1) is 15.2. The highest BCUT2D eigenvalue weighted by Gasteiger charge is 2.21. The standard InChI is InChI=1S/C14H17N3O3S/c1-4-17-6-8(2)12(13(19)20)10(17)5-11(18)16-14-15-9(3)7-21-14/h6-7H,4-5H2,1-3H3,(H,19,20)(H,15,16,18). The maximum absolute atomic E-state index is 12.1. The summed E-state index contributed by atoms with van der Waals surface area (Å²) in [6.45, 7) is 6.12. The minimum Gasteiger partial charge on any atom is -0.478 e. The number of hydrogen-bond acceptors (Lipinski definition) is 4. The second-order valence-electron chi connectivity index (χ2n) is 4.74. The van der Waals surface area contributed by atoms with E-state index in [0.29, 0.717) is 22.9 Å². The van der Waals surface area contributed by atoms with Crippen LogP contribution >= 0.6 is 11.3 Å². The first-order valence-electron chi connectivity index (χ1n) is 6.56. The number of nitrogens with one attached hydrogen (secondary N) is 1. The molecule has 2 aromatic rings. The van der Waals surface area contributed by atoms with Crippen molar-refractivity contribution in [2.24, 2.45) is 0 Å². The van der Waals surface area contributed by atoms with Crippen LogP contribution in [0.2, 0.25) is 0 Å². The molecule has 6 nitrogen and oxygen atoms in total. The fourth-order valence-electron chi connectivity index (χ4n) is 2.24. The molecule has 0 unspecified atom stereocenters. The van der Waals surface area contributed by atoms with E-state index in [2.05, 4.69) is 10.3 Å². The van der Waals surface area contributed by atoms with E-state index in [0.717, 1.165) is 5.69 Å². The van der Waals surface area contributed by atoms with Crippen LogP contribution in [-0.4, -0.2) is 26.5 Å². The lowest BCUT2D eigenvalue weighted by Crippen LogP contribution is -2.18. The van der Waals surface area contributed by atoms with Crippen LogP contribution in [0.5, 0.6) is 0 Å². The molecule has 0 aromatic carbocycles. The van der Waals surface area contributed by atoms with Crippen LogP contribution in [0.1, 0.15) is 34.2 Å². The Kier molecular flexibility index (Phi) is 4.42. The molecule has 0 saturated carbocycles. The van der Waals surface area contributed by atoms with E-state index in [1.807, 2.05) is 19.2 Å². The Morgan fingerprint density at radius 3 is 2.67 bits per heavy atom. The molecule has 2 heterocycles. The molecule has 0 fully saturated rings. The number of aromatic nitrogens is 2. The summed E-state index contributed by atoms with van der Waals surface area (Å²) in [7, 11) is 0. The SMILES string of the molecule is CCn1cc(C)c(C(=O)O)c1CC(=O)Nc1nc(C)cs1. The number of carboxylic acids is 1. The summed E-state index contributed by atoms with van der Waals surface area (Å²) in [6.07, 6.45) is 1.78. The van der Waals surface area contributed by atoms with Gasteiger partial charge < -0.3 is 15.0 Å². The second kappa shape index (κ2) is 6.09. The van der Waals surface area contributed by atoms with E-state index in [1.54, 1.807) is 17.7 Å². The lowest BCUT2D eigenvalue weighted by Gasteiger charge is -2.07. The molecule has 1 amide bonds. The van der Waals surface area contributed by atoms with Crippen molar-refractivity contribution in [2.75, 3.05) is 5.32 Å². The van der Waals surface area contributed by atoms with E-state index in [-0.39, 0.29) is 17.9 Å². The van der Waals surface area contributed by atoms with E-state index in [1.165, 1.54) is 11.3 Å². The molecule has 2 aromatic heterocycles. The van der Waals surface area contributed by atoms with Gasteiger partial charge in [-0.25, -0.2) is 9.78 Å². The Bertz CT molecular complexity index is 688. The lowest BCUT2D eigenvalue weighted by molar-refractivity contribution is -0.115. The van der Waals surface area contributed by atoms with E-state index >= 15 is 0 Å². The van der Waals surface area contributed by atoms with Gasteiger partial charge in [-0.3, -0.25) is 4.79 Å². The van der Waals surface area contributed by atoms with Gasteiger partial charge in [0.15, 0.2) is 5.13 Å². The molecule has 7 heteroatoms. The molecule has 2 rings (SSSR count). The molecule has 0 aliphatic carbocycles. The maximum Gasteiger partial charge on any atom is 0.337 e. The monoisotopic (exact) mass is 307 g/mol. The highest BCUT2D eigenvalue weighted by Crippen LogP contribution is 2.20. The van der Waals surface area contributed by atoms with Crippen LogP contribution in [0, 0.1) is 13.8 Å². The molecular weight excluding hydrogens is 290 g/mol. The van der Waals surface area contributed by atoms with Gasteiger partial charge in [-0.15, -0.1) is 11.3 Å². The van der Waals surface area contributed by atoms with Gasteiger partial charge in [-0.2, -0.15) is 0 Å². The first-order valence-corrected chi connectivity index (χ1v) is 7.44. The number of hydrogen-bond donors (Lipinski definition) is 2. The predicted molar refractivity (Wildman–Crippen MR) is 81.0 cm³/mol. The average molecular weight is 307 g/mol. The van der Waals surface area contributed by atoms with Gasteiger partial charge in [0.25, 0.3) is 0 Å². The quantitative estimate of drug-likeness (QED) is 0.888. The van der Waals surface area contributed by atoms with Crippen LogP contribution in [0.25, 0.3) is 0 Å². The fourth-order valence-corrected chi connectivity index (χ4v) is 2.94. The number of thiazole rings is 1. The van der Waals surface area contributed by atoms with Crippen LogP contribution in [0.3, 0.4) is 0 Å². The fraction of sp³-hybridized carbons (Fsp3) is 0.357. The molecular formula is C14H17N3O3S. The number of carboxylic acid groups (broad SMARTS) is 1. The Balaban J connectivity index is 2.22. The third kappa shape index (κ3) is 3.30.